The molecule has 4 aromatic heterocycles. The number of hydrogen-bond acceptors (Lipinski definition) is 11. The molecule has 0 aliphatic heterocycles. The van der Waals surface area contributed by atoms with Crippen LogP contribution in [0.3, 0.4) is 0 Å². The number of nitrogens with zero attached hydrogens (tertiary/aromatic N) is 4. The highest BCUT2D eigenvalue weighted by molar-refractivity contribution is 7.91. The zero-order valence-corrected chi connectivity index (χ0v) is 42.7. The Morgan fingerprint density at radius 2 is 1.03 bits per heavy atom. The quantitative estimate of drug-likeness (QED) is 0.0986. The number of benzene rings is 4. The summed E-state index contributed by atoms with van der Waals surface area (Å²) < 4.78 is 137. The van der Waals surface area contributed by atoms with Crippen molar-refractivity contribution in [3.8, 4) is 53.4 Å². The topological polar surface area (TPSA) is 150 Å². The third kappa shape index (κ3) is 12.0. The number of ether oxygens (including phenoxy) is 1. The molecule has 1 N–H and O–H groups in total. The molecule has 0 saturated heterocycles. The number of sulfone groups is 2. The van der Waals surface area contributed by atoms with Gasteiger partial charge < -0.3 is 9.84 Å². The number of halogens is 10. The summed E-state index contributed by atoms with van der Waals surface area (Å²) in [5.74, 6) is -0.775. The highest BCUT2D eigenvalue weighted by Gasteiger charge is 2.37. The molecule has 8 rings (SSSR count). The summed E-state index contributed by atoms with van der Waals surface area (Å²) in [6.07, 6.45) is -7.38. The Balaban J connectivity index is 0.000000209. The lowest BCUT2D eigenvalue weighted by atomic mass is 10.1. The number of esters is 1. The van der Waals surface area contributed by atoms with E-state index in [-0.39, 0.29) is 70.4 Å². The van der Waals surface area contributed by atoms with Gasteiger partial charge in [0.05, 0.1) is 71.1 Å². The van der Waals surface area contributed by atoms with Gasteiger partial charge in [-0.25, -0.2) is 31.0 Å². The average molecular weight is 1140 g/mol. The zero-order chi connectivity index (χ0) is 52.0. The Kier molecular flexibility index (Phi) is 15.6. The second-order valence-electron chi connectivity index (χ2n) is 15.1. The molecule has 0 bridgehead atoms. The lowest BCUT2D eigenvalue weighted by molar-refractivity contribution is -0.142. The monoisotopic (exact) mass is 1130 g/mol. The third-order valence-corrected chi connectivity index (χ3v) is 15.8. The van der Waals surface area contributed by atoms with E-state index in [1.165, 1.54) is 60.7 Å². The van der Waals surface area contributed by atoms with E-state index in [9.17, 15) is 53.1 Å². The van der Waals surface area contributed by atoms with Crippen LogP contribution in [0.15, 0.2) is 119 Å². The molecule has 0 aliphatic carbocycles. The van der Waals surface area contributed by atoms with Crippen LogP contribution in [0.4, 0.5) is 26.3 Å². The molecule has 0 atom stereocenters. The van der Waals surface area contributed by atoms with Crippen LogP contribution in [-0.2, 0) is 43.4 Å². The van der Waals surface area contributed by atoms with Crippen LogP contribution in [0.2, 0.25) is 20.1 Å². The van der Waals surface area contributed by atoms with E-state index in [0.717, 1.165) is 56.7 Å². The van der Waals surface area contributed by atoms with Gasteiger partial charge in [0.25, 0.3) is 0 Å². The minimum Gasteiger partial charge on any atom is -0.462 e. The normalized spacial score (nSPS) is 12.2. The molecule has 25 heteroatoms. The van der Waals surface area contributed by atoms with Gasteiger partial charge in [-0.2, -0.15) is 36.5 Å². The van der Waals surface area contributed by atoms with Crippen molar-refractivity contribution >= 4 is 94.7 Å². The van der Waals surface area contributed by atoms with Gasteiger partial charge in [-0.15, -0.1) is 22.7 Å². The first-order chi connectivity index (χ1) is 33.2. The van der Waals surface area contributed by atoms with E-state index < -0.39 is 56.0 Å². The number of rotatable bonds is 11. The summed E-state index contributed by atoms with van der Waals surface area (Å²) in [4.78, 5) is 14.0. The van der Waals surface area contributed by atoms with Gasteiger partial charge in [-0.1, -0.05) is 64.6 Å². The van der Waals surface area contributed by atoms with Gasteiger partial charge in [-0.3, -0.25) is 0 Å². The zero-order valence-electron chi connectivity index (χ0n) is 36.4. The lowest BCUT2D eigenvalue weighted by Crippen LogP contribution is -2.11. The smallest absolute Gasteiger partial charge is 0.435 e. The molecule has 0 amide bonds. The first-order valence-corrected chi connectivity index (χ1v) is 27.0. The Hall–Kier alpha value is -5.23. The van der Waals surface area contributed by atoms with Crippen LogP contribution in [-0.4, -0.2) is 66.6 Å². The van der Waals surface area contributed by atoms with Gasteiger partial charge >= 0.3 is 18.3 Å². The van der Waals surface area contributed by atoms with Gasteiger partial charge in [-0.05, 0) is 115 Å². The molecular weight excluding hydrogens is 1100 g/mol. The van der Waals surface area contributed by atoms with Crippen LogP contribution in [0.25, 0.3) is 53.4 Å². The van der Waals surface area contributed by atoms with Gasteiger partial charge in [0.1, 0.15) is 0 Å². The molecule has 8 aromatic rings. The minimum atomic E-state index is -4.71. The number of aliphatic hydroxyl groups excluding tert-OH is 1. The number of carbonyl (C=O) groups excluding carboxylic acids is 1. The molecule has 0 aliphatic rings. The Bertz CT molecular complexity index is 3570. The SMILES string of the molecule is CCOC(=O)c1ccc(-c2ccc(-c3cc(C(F)(F)F)nn3-c3cc(Cl)ccc3Cl)s2)cc1S(C)(=O)=O.CS(=O)(=O)c1cc(-c2ccc(-c3cc(C(F)(F)F)nn3-c3cc(Cl)ccc3Cl)s2)ccc1CO. The van der Waals surface area contributed by atoms with E-state index in [4.69, 9.17) is 51.1 Å². The Morgan fingerprint density at radius 3 is 1.44 bits per heavy atom. The first kappa shape index (κ1) is 53.6. The van der Waals surface area contributed by atoms with Gasteiger partial charge in [0, 0.05) is 32.3 Å². The molecule has 11 nitrogen and oxygen atoms in total. The second-order valence-corrected chi connectivity index (χ2v) is 22.9. The number of aromatic nitrogens is 4. The van der Waals surface area contributed by atoms with Gasteiger partial charge in [0.15, 0.2) is 31.1 Å². The van der Waals surface area contributed by atoms with Crippen molar-refractivity contribution in [2.24, 2.45) is 0 Å². The molecule has 4 aromatic carbocycles. The molecule has 0 spiro atoms. The van der Waals surface area contributed by atoms with Crippen molar-refractivity contribution in [1.29, 1.82) is 0 Å². The maximum atomic E-state index is 13.6. The van der Waals surface area contributed by atoms with Crippen molar-refractivity contribution in [3.63, 3.8) is 0 Å². The highest BCUT2D eigenvalue weighted by atomic mass is 35.5. The van der Waals surface area contributed by atoms with Crippen LogP contribution < -0.4 is 0 Å². The molecule has 0 saturated carbocycles. The van der Waals surface area contributed by atoms with E-state index in [2.05, 4.69) is 10.2 Å². The Labute approximate surface area is 429 Å². The van der Waals surface area contributed by atoms with Crippen molar-refractivity contribution in [3.05, 3.63) is 152 Å². The summed E-state index contributed by atoms with van der Waals surface area (Å²) in [6, 6.07) is 25.9. The molecule has 71 heavy (non-hydrogen) atoms. The predicted molar refractivity (Wildman–Crippen MR) is 263 cm³/mol. The third-order valence-electron chi connectivity index (χ3n) is 10.1. The number of thiophene rings is 2. The standard InChI is InChI=1S/C24H17Cl2F3N2O4S2.C22H15Cl2F3N2O3S2/c1-3-35-23(32)15-6-4-13(10-21(15)37(2,33)34)19-8-9-20(36-19)18-12-22(24(27,28)29)30-31(18)17-11-14(25)5-7-16(17)26;1-34(31,32)20-8-12(2-3-13(20)11-30)18-6-7-19(33-18)17-10-21(22(25,26)27)28-29(17)16-9-14(23)4-5-15(16)24/h4-12H,3H2,1-2H3;2-10,30H,11H2,1H3. The fourth-order valence-electron chi connectivity index (χ4n) is 6.86. The van der Waals surface area contributed by atoms with Gasteiger partial charge in [0.2, 0.25) is 0 Å². The van der Waals surface area contributed by atoms with Crippen LogP contribution in [0.5, 0.6) is 0 Å². The van der Waals surface area contributed by atoms with Crippen molar-refractivity contribution < 1.29 is 57.8 Å². The molecule has 0 radical (unpaired) electrons. The molecule has 372 valence electrons. The molecule has 0 unspecified atom stereocenters. The summed E-state index contributed by atoms with van der Waals surface area (Å²) >= 11 is 26.8. The van der Waals surface area contributed by atoms with E-state index >= 15 is 0 Å². The summed E-state index contributed by atoms with van der Waals surface area (Å²) in [7, 11) is -7.41. The van der Waals surface area contributed by atoms with Crippen molar-refractivity contribution in [2.45, 2.75) is 35.7 Å². The lowest BCUT2D eigenvalue weighted by Gasteiger charge is -2.10. The number of carbonyl (C=O) groups is 1. The van der Waals surface area contributed by atoms with Crippen LogP contribution in [0, 0.1) is 0 Å². The first-order valence-electron chi connectivity index (χ1n) is 20.1. The van der Waals surface area contributed by atoms with Crippen molar-refractivity contribution in [1.82, 2.24) is 19.6 Å². The number of alkyl halides is 6. The highest BCUT2D eigenvalue weighted by Crippen LogP contribution is 2.43. The fraction of sp³-hybridized carbons (Fsp3) is 0.152. The Morgan fingerprint density at radius 1 is 0.606 bits per heavy atom. The molecular formula is C46H32Cl4F6N4O7S4. The second kappa shape index (κ2) is 20.7. The minimum absolute atomic E-state index is 0.0161. The summed E-state index contributed by atoms with van der Waals surface area (Å²) in [5, 5.41) is 17.8. The predicted octanol–water partition coefficient (Wildman–Crippen LogP) is 13.7. The van der Waals surface area contributed by atoms with E-state index in [1.54, 1.807) is 43.3 Å². The fourth-order valence-corrected chi connectivity index (χ4v) is 11.4. The maximum Gasteiger partial charge on any atom is 0.435 e. The van der Waals surface area contributed by atoms with E-state index in [0.29, 0.717) is 30.6 Å². The van der Waals surface area contributed by atoms with E-state index in [1.807, 2.05) is 0 Å². The van der Waals surface area contributed by atoms with Crippen LogP contribution >= 0.6 is 69.1 Å². The van der Waals surface area contributed by atoms with Crippen molar-refractivity contribution in [2.75, 3.05) is 19.1 Å². The maximum absolute atomic E-state index is 13.6. The summed E-state index contributed by atoms with van der Waals surface area (Å²) in [5.41, 5.74) is -0.479. The molecule has 0 fully saturated rings. The largest absolute Gasteiger partial charge is 0.462 e. The molecule has 4 heterocycles. The average Bonchev–Trinajstić information content (AvgIpc) is 4.13. The number of aliphatic hydroxyl groups is 1. The number of hydrogen-bond donors (Lipinski definition) is 1. The van der Waals surface area contributed by atoms with Crippen LogP contribution in [0.1, 0.15) is 34.2 Å². The summed E-state index contributed by atoms with van der Waals surface area (Å²) in [6.45, 7) is 1.23.